The van der Waals surface area contributed by atoms with Gasteiger partial charge in [0.25, 0.3) is 0 Å². The number of nitrogens with one attached hydrogen (secondary N) is 1. The molecule has 98 valence electrons. The maximum atomic E-state index is 11.5. The number of anilines is 1. The van der Waals surface area contributed by atoms with Crippen LogP contribution in [0.3, 0.4) is 0 Å². The van der Waals surface area contributed by atoms with Crippen LogP contribution in [0.15, 0.2) is 21.3 Å². The van der Waals surface area contributed by atoms with E-state index in [4.69, 9.17) is 9.52 Å². The number of carbonyl (C=O) groups is 2. The number of amides is 2. The summed E-state index contributed by atoms with van der Waals surface area (Å²) in [5.41, 5.74) is -1.08. The van der Waals surface area contributed by atoms with Crippen molar-refractivity contribution < 1.29 is 19.1 Å². The fourth-order valence-electron chi connectivity index (χ4n) is 1.48. The number of hydrogen-bond acceptors (Lipinski definition) is 5. The van der Waals surface area contributed by atoms with Gasteiger partial charge >= 0.3 is 17.6 Å². The van der Waals surface area contributed by atoms with Crippen LogP contribution in [-0.2, 0) is 0 Å². The Bertz CT molecular complexity index is 722. The third-order valence-electron chi connectivity index (χ3n) is 2.49. The fourth-order valence-corrected chi connectivity index (χ4v) is 2.47. The van der Waals surface area contributed by atoms with Crippen LogP contribution in [0.4, 0.5) is 9.80 Å². The monoisotopic (exact) mass is 280 g/mol. The van der Waals surface area contributed by atoms with E-state index in [1.807, 2.05) is 0 Å². The number of aromatic carboxylic acids is 1. The summed E-state index contributed by atoms with van der Waals surface area (Å²) in [6, 6.07) is 2.44. The SMILES string of the molecule is BNC(=O)N(C)c1cc2oc(=O)c(C(=O)O)cc2s1. The second-order valence-corrected chi connectivity index (χ2v) is 4.74. The van der Waals surface area contributed by atoms with E-state index in [0.717, 1.165) is 11.3 Å². The smallest absolute Gasteiger partial charge is 0.351 e. The van der Waals surface area contributed by atoms with E-state index in [1.165, 1.54) is 25.0 Å². The summed E-state index contributed by atoms with van der Waals surface area (Å²) >= 11 is 1.16. The first-order valence-corrected chi connectivity index (χ1v) is 6.02. The van der Waals surface area contributed by atoms with Crippen LogP contribution in [0.1, 0.15) is 10.4 Å². The van der Waals surface area contributed by atoms with Crippen LogP contribution in [-0.4, -0.2) is 32.1 Å². The van der Waals surface area contributed by atoms with E-state index in [9.17, 15) is 14.4 Å². The van der Waals surface area contributed by atoms with Crippen molar-refractivity contribution >= 4 is 46.6 Å². The zero-order valence-corrected chi connectivity index (χ0v) is 10.9. The lowest BCUT2D eigenvalue weighted by atomic mass is 10.3. The van der Waals surface area contributed by atoms with Crippen LogP contribution in [0.5, 0.6) is 0 Å². The van der Waals surface area contributed by atoms with Crippen LogP contribution in [0.2, 0.25) is 0 Å². The molecular weight excluding hydrogens is 271 g/mol. The maximum absolute atomic E-state index is 11.5. The highest BCUT2D eigenvalue weighted by atomic mass is 32.1. The fraction of sp³-hybridized carbons (Fsp3) is 0.100. The number of urea groups is 1. The highest BCUT2D eigenvalue weighted by molar-refractivity contribution is 7.22. The molecule has 0 aliphatic rings. The van der Waals surface area contributed by atoms with Crippen molar-refractivity contribution in [2.24, 2.45) is 0 Å². The molecule has 2 rings (SSSR count). The van der Waals surface area contributed by atoms with Crippen molar-refractivity contribution in [2.45, 2.75) is 0 Å². The molecule has 19 heavy (non-hydrogen) atoms. The molecule has 0 radical (unpaired) electrons. The third-order valence-corrected chi connectivity index (χ3v) is 3.63. The van der Waals surface area contributed by atoms with E-state index < -0.39 is 17.2 Å². The molecule has 2 heterocycles. The van der Waals surface area contributed by atoms with Gasteiger partial charge in [0.2, 0.25) is 7.98 Å². The van der Waals surface area contributed by atoms with Gasteiger partial charge in [-0.05, 0) is 6.07 Å². The van der Waals surface area contributed by atoms with Crippen molar-refractivity contribution in [2.75, 3.05) is 11.9 Å². The predicted molar refractivity (Wildman–Crippen MR) is 72.8 cm³/mol. The number of carboxylic acid groups (broad SMARTS) is 1. The van der Waals surface area contributed by atoms with Gasteiger partial charge in [-0.15, -0.1) is 11.3 Å². The van der Waals surface area contributed by atoms with Crippen molar-refractivity contribution in [1.29, 1.82) is 0 Å². The number of hydrogen-bond donors (Lipinski definition) is 2. The summed E-state index contributed by atoms with van der Waals surface area (Å²) in [5.74, 6) is -1.34. The summed E-state index contributed by atoms with van der Waals surface area (Å²) in [7, 11) is 3.05. The minimum absolute atomic E-state index is 0.255. The zero-order chi connectivity index (χ0) is 14.2. The average Bonchev–Trinajstić information content (AvgIpc) is 2.78. The molecule has 2 aromatic rings. The van der Waals surface area contributed by atoms with E-state index in [2.05, 4.69) is 5.23 Å². The topological polar surface area (TPSA) is 99.9 Å². The van der Waals surface area contributed by atoms with Gasteiger partial charge in [0, 0.05) is 13.1 Å². The Kier molecular flexibility index (Phi) is 3.30. The molecule has 0 unspecified atom stereocenters. The van der Waals surface area contributed by atoms with Gasteiger partial charge in [0.15, 0.2) is 5.58 Å². The predicted octanol–water partition coefficient (Wildman–Crippen LogP) is 0.247. The van der Waals surface area contributed by atoms with Crippen molar-refractivity contribution in [3.63, 3.8) is 0 Å². The van der Waals surface area contributed by atoms with Crippen molar-refractivity contribution in [3.8, 4) is 0 Å². The molecule has 0 saturated heterocycles. The van der Waals surface area contributed by atoms with Crippen molar-refractivity contribution in [1.82, 2.24) is 5.23 Å². The largest absolute Gasteiger partial charge is 0.477 e. The van der Waals surface area contributed by atoms with Gasteiger partial charge in [0.1, 0.15) is 10.6 Å². The van der Waals surface area contributed by atoms with E-state index in [0.29, 0.717) is 9.70 Å². The second kappa shape index (κ2) is 4.77. The molecule has 2 N–H and O–H groups in total. The summed E-state index contributed by atoms with van der Waals surface area (Å²) in [6.45, 7) is 0. The first-order valence-electron chi connectivity index (χ1n) is 5.20. The lowest BCUT2D eigenvalue weighted by Gasteiger charge is -2.13. The van der Waals surface area contributed by atoms with Crippen LogP contribution in [0, 0.1) is 0 Å². The molecule has 0 fully saturated rings. The quantitative estimate of drug-likeness (QED) is 0.768. The second-order valence-electron chi connectivity index (χ2n) is 3.68. The molecule has 0 saturated carbocycles. The lowest BCUT2D eigenvalue weighted by Crippen LogP contribution is -2.35. The molecule has 7 nitrogen and oxygen atoms in total. The number of fused-ring (bicyclic) bond motifs is 1. The van der Waals surface area contributed by atoms with Gasteiger partial charge in [-0.25, -0.2) is 14.4 Å². The third kappa shape index (κ3) is 2.32. The average molecular weight is 280 g/mol. The summed E-state index contributed by atoms with van der Waals surface area (Å²) < 4.78 is 5.40. The molecule has 2 amide bonds. The van der Waals surface area contributed by atoms with E-state index >= 15 is 0 Å². The molecule has 0 spiro atoms. The van der Waals surface area contributed by atoms with Gasteiger partial charge in [-0.1, -0.05) is 0 Å². The van der Waals surface area contributed by atoms with Gasteiger partial charge in [0.05, 0.1) is 4.70 Å². The minimum Gasteiger partial charge on any atom is -0.477 e. The Morgan fingerprint density at radius 3 is 2.74 bits per heavy atom. The number of nitrogens with zero attached hydrogens (tertiary/aromatic N) is 1. The Hall–Kier alpha value is -2.29. The molecule has 0 bridgehead atoms. The highest BCUT2D eigenvalue weighted by Crippen LogP contribution is 2.31. The number of carboxylic acids is 1. The zero-order valence-electron chi connectivity index (χ0n) is 10.1. The van der Waals surface area contributed by atoms with Crippen LogP contribution >= 0.6 is 11.3 Å². The number of carbonyl (C=O) groups excluding carboxylic acids is 1. The van der Waals surface area contributed by atoms with Gasteiger partial charge in [-0.2, -0.15) is 0 Å². The molecule has 0 aliphatic heterocycles. The molecular formula is C10H9BN2O5S. The Balaban J connectivity index is 2.55. The lowest BCUT2D eigenvalue weighted by molar-refractivity contribution is 0.0692. The summed E-state index contributed by atoms with van der Waals surface area (Å²) in [4.78, 5) is 35.0. The van der Waals surface area contributed by atoms with Crippen LogP contribution < -0.4 is 15.8 Å². The Labute approximate surface area is 111 Å². The van der Waals surface area contributed by atoms with E-state index in [1.54, 1.807) is 7.05 Å². The molecule has 2 aromatic heterocycles. The Morgan fingerprint density at radius 2 is 2.16 bits per heavy atom. The van der Waals surface area contributed by atoms with Crippen molar-refractivity contribution in [3.05, 3.63) is 28.1 Å². The normalized spacial score (nSPS) is 10.4. The standard InChI is InChI=1S/C10H9BN2O5S/c1-13(10(17)12-11)7-3-5-6(19-7)2-4(8(14)15)9(16)18-5/h2-3H,11H2,1H3,(H,12,17)(H,14,15). The number of rotatable bonds is 2. The molecule has 0 atom stereocenters. The summed E-state index contributed by atoms with van der Waals surface area (Å²) in [5, 5.41) is 11.8. The van der Waals surface area contributed by atoms with Crippen LogP contribution in [0.25, 0.3) is 10.3 Å². The van der Waals surface area contributed by atoms with Gasteiger partial charge in [-0.3, -0.25) is 4.90 Å². The van der Waals surface area contributed by atoms with E-state index in [-0.39, 0.29) is 11.6 Å². The maximum Gasteiger partial charge on any atom is 0.351 e. The highest BCUT2D eigenvalue weighted by Gasteiger charge is 2.17. The molecule has 0 aromatic carbocycles. The van der Waals surface area contributed by atoms with Gasteiger partial charge < -0.3 is 14.8 Å². The Morgan fingerprint density at radius 1 is 1.47 bits per heavy atom. The molecule has 9 heteroatoms. The summed E-state index contributed by atoms with van der Waals surface area (Å²) in [6.07, 6.45) is 0. The number of thiophene rings is 1. The first-order chi connectivity index (χ1) is 8.93. The minimum atomic E-state index is -1.34. The first kappa shape index (κ1) is 13.2. The molecule has 0 aliphatic carbocycles.